The number of phenols is 2. The number of benzene rings is 1. The van der Waals surface area contributed by atoms with Crippen LogP contribution in [0.15, 0.2) is 18.2 Å². The van der Waals surface area contributed by atoms with Gasteiger partial charge in [-0.2, -0.15) is 11.8 Å². The summed E-state index contributed by atoms with van der Waals surface area (Å²) in [4.78, 5) is 0. The van der Waals surface area contributed by atoms with Crippen molar-refractivity contribution in [2.45, 2.75) is 31.8 Å². The molecule has 0 bridgehead atoms. The topological polar surface area (TPSA) is 52.5 Å². The first-order valence-corrected chi connectivity index (χ1v) is 7.18. The molecule has 0 saturated carbocycles. The maximum Gasteiger partial charge on any atom is 0.124 e. The third-order valence-corrected chi connectivity index (χ3v) is 4.24. The summed E-state index contributed by atoms with van der Waals surface area (Å²) < 4.78 is 0. The summed E-state index contributed by atoms with van der Waals surface area (Å²) in [6, 6.07) is 5.44. The molecule has 2 rings (SSSR count). The predicted molar refractivity (Wildman–Crippen MR) is 71.7 cm³/mol. The van der Waals surface area contributed by atoms with Crippen LogP contribution in [0.25, 0.3) is 0 Å². The molecule has 1 fully saturated rings. The molecule has 1 aliphatic rings. The Labute approximate surface area is 106 Å². The minimum Gasteiger partial charge on any atom is -0.508 e. The van der Waals surface area contributed by atoms with E-state index in [1.54, 1.807) is 12.1 Å². The van der Waals surface area contributed by atoms with E-state index >= 15 is 0 Å². The van der Waals surface area contributed by atoms with Crippen LogP contribution in [-0.2, 0) is 0 Å². The highest BCUT2D eigenvalue weighted by Crippen LogP contribution is 2.29. The Hall–Kier alpha value is -0.870. The highest BCUT2D eigenvalue weighted by molar-refractivity contribution is 7.99. The molecule has 4 heteroatoms. The summed E-state index contributed by atoms with van der Waals surface area (Å²) in [7, 11) is 0. The quantitative estimate of drug-likeness (QED) is 0.775. The van der Waals surface area contributed by atoms with Crippen molar-refractivity contribution in [3.05, 3.63) is 23.8 Å². The maximum absolute atomic E-state index is 9.79. The number of aromatic hydroxyl groups is 2. The minimum absolute atomic E-state index is 0.104. The van der Waals surface area contributed by atoms with Gasteiger partial charge in [-0.25, -0.2) is 0 Å². The van der Waals surface area contributed by atoms with Crippen LogP contribution in [0.1, 0.15) is 31.4 Å². The number of nitrogens with one attached hydrogen (secondary N) is 1. The molecule has 1 heterocycles. The summed E-state index contributed by atoms with van der Waals surface area (Å²) in [5.41, 5.74) is 0.848. The van der Waals surface area contributed by atoms with Crippen LogP contribution in [-0.4, -0.2) is 27.8 Å². The summed E-state index contributed by atoms with van der Waals surface area (Å²) in [6.45, 7) is 2.05. The van der Waals surface area contributed by atoms with Gasteiger partial charge in [0.2, 0.25) is 0 Å². The average Bonchev–Trinajstić information content (AvgIpc) is 2.30. The van der Waals surface area contributed by atoms with Gasteiger partial charge in [0, 0.05) is 23.7 Å². The van der Waals surface area contributed by atoms with E-state index in [-0.39, 0.29) is 17.5 Å². The molecule has 0 aliphatic carbocycles. The lowest BCUT2D eigenvalue weighted by molar-refractivity contribution is 0.406. The molecule has 1 aromatic rings. The highest BCUT2D eigenvalue weighted by atomic mass is 32.2. The predicted octanol–water partition coefficient (Wildman–Crippen LogP) is 2.64. The summed E-state index contributed by atoms with van der Waals surface area (Å²) in [5, 5.41) is 22.6. The largest absolute Gasteiger partial charge is 0.508 e. The zero-order chi connectivity index (χ0) is 12.3. The van der Waals surface area contributed by atoms with E-state index in [0.717, 1.165) is 5.56 Å². The van der Waals surface area contributed by atoms with Gasteiger partial charge >= 0.3 is 0 Å². The molecule has 0 spiro atoms. The fourth-order valence-electron chi connectivity index (χ4n) is 2.21. The molecule has 1 saturated heterocycles. The SMILES string of the molecule is CC(NC1CCSCC1)c1ccc(O)cc1O. The lowest BCUT2D eigenvalue weighted by Crippen LogP contribution is -2.34. The first-order chi connectivity index (χ1) is 8.16. The van der Waals surface area contributed by atoms with Gasteiger partial charge in [-0.1, -0.05) is 6.07 Å². The van der Waals surface area contributed by atoms with Gasteiger partial charge in [-0.05, 0) is 37.3 Å². The standard InChI is InChI=1S/C13H19NO2S/c1-9(14-10-4-6-17-7-5-10)12-3-2-11(15)8-13(12)16/h2-3,8-10,14-16H,4-7H2,1H3. The van der Waals surface area contributed by atoms with E-state index < -0.39 is 0 Å². The molecule has 3 nitrogen and oxygen atoms in total. The van der Waals surface area contributed by atoms with Crippen molar-refractivity contribution < 1.29 is 10.2 Å². The monoisotopic (exact) mass is 253 g/mol. The van der Waals surface area contributed by atoms with E-state index in [4.69, 9.17) is 0 Å². The zero-order valence-corrected chi connectivity index (χ0v) is 10.8. The molecule has 94 valence electrons. The Kier molecular flexibility index (Phi) is 4.18. The number of thioether (sulfide) groups is 1. The van der Waals surface area contributed by atoms with Crippen molar-refractivity contribution >= 4 is 11.8 Å². The van der Waals surface area contributed by atoms with Gasteiger partial charge in [-0.3, -0.25) is 0 Å². The first-order valence-electron chi connectivity index (χ1n) is 6.02. The van der Waals surface area contributed by atoms with E-state index in [1.807, 2.05) is 18.7 Å². The van der Waals surface area contributed by atoms with Crippen LogP contribution in [0.5, 0.6) is 11.5 Å². The molecule has 1 aromatic carbocycles. The van der Waals surface area contributed by atoms with Gasteiger partial charge in [-0.15, -0.1) is 0 Å². The van der Waals surface area contributed by atoms with Crippen molar-refractivity contribution in [1.29, 1.82) is 0 Å². The van der Waals surface area contributed by atoms with E-state index in [0.29, 0.717) is 6.04 Å². The molecule has 1 unspecified atom stereocenters. The molecule has 1 aliphatic heterocycles. The molecular formula is C13H19NO2S. The molecule has 0 amide bonds. The minimum atomic E-state index is 0.104. The van der Waals surface area contributed by atoms with Crippen LogP contribution in [0.4, 0.5) is 0 Å². The Balaban J connectivity index is 2.00. The van der Waals surface area contributed by atoms with Gasteiger partial charge in [0.15, 0.2) is 0 Å². The van der Waals surface area contributed by atoms with Crippen molar-refractivity contribution in [2.75, 3.05) is 11.5 Å². The normalized spacial score (nSPS) is 19.1. The Morgan fingerprint density at radius 3 is 2.65 bits per heavy atom. The van der Waals surface area contributed by atoms with E-state index in [1.165, 1.54) is 30.4 Å². The summed E-state index contributed by atoms with van der Waals surface area (Å²) in [5.74, 6) is 2.69. The lowest BCUT2D eigenvalue weighted by atomic mass is 10.0. The van der Waals surface area contributed by atoms with Crippen LogP contribution in [0.3, 0.4) is 0 Å². The third kappa shape index (κ3) is 3.30. The molecule has 3 N–H and O–H groups in total. The third-order valence-electron chi connectivity index (χ3n) is 3.19. The molecule has 0 radical (unpaired) electrons. The maximum atomic E-state index is 9.79. The molecule has 0 aromatic heterocycles. The first kappa shape index (κ1) is 12.6. The fourth-order valence-corrected chi connectivity index (χ4v) is 3.31. The number of rotatable bonds is 3. The van der Waals surface area contributed by atoms with Gasteiger partial charge < -0.3 is 15.5 Å². The second-order valence-corrected chi connectivity index (χ2v) is 5.74. The highest BCUT2D eigenvalue weighted by Gasteiger charge is 2.18. The van der Waals surface area contributed by atoms with Gasteiger partial charge in [0.05, 0.1) is 0 Å². The van der Waals surface area contributed by atoms with Crippen molar-refractivity contribution in [1.82, 2.24) is 5.32 Å². The van der Waals surface area contributed by atoms with Crippen molar-refractivity contribution in [3.63, 3.8) is 0 Å². The van der Waals surface area contributed by atoms with Crippen molar-refractivity contribution in [2.24, 2.45) is 0 Å². The van der Waals surface area contributed by atoms with Gasteiger partial charge in [0.25, 0.3) is 0 Å². The molecular weight excluding hydrogens is 234 g/mol. The molecule has 17 heavy (non-hydrogen) atoms. The fraction of sp³-hybridized carbons (Fsp3) is 0.538. The Morgan fingerprint density at radius 2 is 2.00 bits per heavy atom. The number of phenolic OH excluding ortho intramolecular Hbond substituents is 2. The smallest absolute Gasteiger partial charge is 0.124 e. The second kappa shape index (κ2) is 5.65. The van der Waals surface area contributed by atoms with Crippen LogP contribution < -0.4 is 5.32 Å². The number of hydrogen-bond acceptors (Lipinski definition) is 4. The Morgan fingerprint density at radius 1 is 1.29 bits per heavy atom. The van der Waals surface area contributed by atoms with Crippen LogP contribution in [0, 0.1) is 0 Å². The van der Waals surface area contributed by atoms with Crippen LogP contribution in [0.2, 0.25) is 0 Å². The zero-order valence-electron chi connectivity index (χ0n) is 10.0. The average molecular weight is 253 g/mol. The number of hydrogen-bond donors (Lipinski definition) is 3. The summed E-state index contributed by atoms with van der Waals surface area (Å²) >= 11 is 2.00. The lowest BCUT2D eigenvalue weighted by Gasteiger charge is -2.27. The van der Waals surface area contributed by atoms with E-state index in [9.17, 15) is 10.2 Å². The second-order valence-electron chi connectivity index (χ2n) is 4.52. The van der Waals surface area contributed by atoms with Crippen molar-refractivity contribution in [3.8, 4) is 11.5 Å². The Bertz CT molecular complexity index is 378. The van der Waals surface area contributed by atoms with Gasteiger partial charge in [0.1, 0.15) is 11.5 Å². The molecule has 1 atom stereocenters. The van der Waals surface area contributed by atoms with Crippen LogP contribution >= 0.6 is 11.8 Å². The summed E-state index contributed by atoms with van der Waals surface area (Å²) in [6.07, 6.45) is 2.38. The van der Waals surface area contributed by atoms with E-state index in [2.05, 4.69) is 5.32 Å².